The molecule has 0 radical (unpaired) electrons. The Kier molecular flexibility index (Phi) is 10.7. The number of amides is 1. The molecule has 13 heteroatoms. The van der Waals surface area contributed by atoms with Gasteiger partial charge in [0.05, 0.1) is 36.0 Å². The fourth-order valence-corrected chi connectivity index (χ4v) is 6.40. The highest BCUT2D eigenvalue weighted by atomic mass is 35.5. The number of aliphatic hydroxyl groups excluding tert-OH is 1. The number of rotatable bonds is 12. The van der Waals surface area contributed by atoms with Crippen molar-refractivity contribution in [3.63, 3.8) is 0 Å². The van der Waals surface area contributed by atoms with Gasteiger partial charge in [-0.3, -0.25) is 19.5 Å². The van der Waals surface area contributed by atoms with Crippen LogP contribution in [0.1, 0.15) is 38.6 Å². The third-order valence-electron chi connectivity index (χ3n) is 7.80. The van der Waals surface area contributed by atoms with E-state index in [4.69, 9.17) is 26.4 Å². The molecule has 11 nitrogen and oxygen atoms in total. The Morgan fingerprint density at radius 2 is 1.93 bits per heavy atom. The SMILES string of the molecule is COc1nc(-c2ccnc(-c3cccc(NC(=O)c4ncc(CNCCO)s4)c3C)c2Cl)ccc1CN1CCC(C(=O)O)CC1. The van der Waals surface area contributed by atoms with Crippen molar-refractivity contribution >= 4 is 40.5 Å². The lowest BCUT2D eigenvalue weighted by atomic mass is 9.97. The smallest absolute Gasteiger partial charge is 0.306 e. The Bertz CT molecular complexity index is 1670. The van der Waals surface area contributed by atoms with Gasteiger partial charge in [0, 0.05) is 59.3 Å². The normalized spacial score (nSPS) is 14.0. The Labute approximate surface area is 270 Å². The number of piperidine rings is 1. The molecule has 4 N–H and O–H groups in total. The van der Waals surface area contributed by atoms with Gasteiger partial charge in [0.25, 0.3) is 5.91 Å². The summed E-state index contributed by atoms with van der Waals surface area (Å²) in [4.78, 5) is 41.0. The number of carbonyl (C=O) groups excluding carboxylic acids is 1. The highest BCUT2D eigenvalue weighted by molar-refractivity contribution is 7.13. The maximum Gasteiger partial charge on any atom is 0.306 e. The molecule has 0 saturated carbocycles. The number of ether oxygens (including phenoxy) is 1. The van der Waals surface area contributed by atoms with E-state index in [1.54, 1.807) is 25.6 Å². The summed E-state index contributed by atoms with van der Waals surface area (Å²) in [5.41, 5.74) is 4.96. The third-order valence-corrected chi connectivity index (χ3v) is 9.18. The molecular formula is C32H35ClN6O5S. The van der Waals surface area contributed by atoms with E-state index in [0.717, 1.165) is 21.6 Å². The molecule has 5 rings (SSSR count). The van der Waals surface area contributed by atoms with Gasteiger partial charge in [0.1, 0.15) is 0 Å². The quantitative estimate of drug-likeness (QED) is 0.156. The van der Waals surface area contributed by atoms with Crippen LogP contribution in [0.2, 0.25) is 5.02 Å². The minimum atomic E-state index is -0.729. The second kappa shape index (κ2) is 14.9. The van der Waals surface area contributed by atoms with Crippen LogP contribution in [0.15, 0.2) is 48.8 Å². The summed E-state index contributed by atoms with van der Waals surface area (Å²) >= 11 is 8.26. The van der Waals surface area contributed by atoms with Crippen LogP contribution in [0.3, 0.4) is 0 Å². The molecule has 4 aromatic rings. The van der Waals surface area contributed by atoms with Crippen LogP contribution in [0.5, 0.6) is 5.88 Å². The van der Waals surface area contributed by atoms with Crippen LogP contribution in [-0.2, 0) is 17.9 Å². The van der Waals surface area contributed by atoms with E-state index in [9.17, 15) is 14.7 Å². The van der Waals surface area contributed by atoms with Crippen molar-refractivity contribution in [1.82, 2.24) is 25.2 Å². The number of likely N-dealkylation sites (tertiary alicyclic amines) is 1. The van der Waals surface area contributed by atoms with Crippen LogP contribution in [0.4, 0.5) is 5.69 Å². The average molecular weight is 651 g/mol. The van der Waals surface area contributed by atoms with E-state index < -0.39 is 5.97 Å². The number of pyridine rings is 2. The number of aliphatic carboxylic acids is 1. The summed E-state index contributed by atoms with van der Waals surface area (Å²) in [7, 11) is 1.58. The van der Waals surface area contributed by atoms with Crippen molar-refractivity contribution in [3.8, 4) is 28.4 Å². The average Bonchev–Trinajstić information content (AvgIpc) is 3.52. The standard InChI is InChI=1S/C32H35ClN6O5S/c1-19-23(4-3-5-25(19)37-29(41)31-36-17-22(45-31)16-34-12-15-40)28-27(33)24(8-11-35-28)26-7-6-21(30(38-26)44-2)18-39-13-9-20(10-14-39)32(42)43/h3-8,11,17,20,34,40H,9-10,12-16,18H2,1-2H3,(H,37,41)(H,42,43). The van der Waals surface area contributed by atoms with Gasteiger partial charge in [0.15, 0.2) is 5.01 Å². The summed E-state index contributed by atoms with van der Waals surface area (Å²) in [6.07, 6.45) is 4.58. The van der Waals surface area contributed by atoms with E-state index >= 15 is 0 Å². The number of aliphatic hydroxyl groups is 1. The van der Waals surface area contributed by atoms with Crippen LogP contribution in [-0.4, -0.2) is 75.3 Å². The molecular weight excluding hydrogens is 616 g/mol. The molecule has 1 aliphatic heterocycles. The van der Waals surface area contributed by atoms with E-state index in [1.807, 2.05) is 37.3 Å². The van der Waals surface area contributed by atoms with Crippen molar-refractivity contribution in [2.24, 2.45) is 5.92 Å². The molecule has 45 heavy (non-hydrogen) atoms. The Hall–Kier alpha value is -3.94. The molecule has 1 aromatic carbocycles. The summed E-state index contributed by atoms with van der Waals surface area (Å²) in [6, 6.07) is 11.2. The van der Waals surface area contributed by atoms with Crippen molar-refractivity contribution in [1.29, 1.82) is 0 Å². The maximum absolute atomic E-state index is 13.0. The lowest BCUT2D eigenvalue weighted by Gasteiger charge is -2.30. The minimum Gasteiger partial charge on any atom is -0.481 e. The zero-order valence-corrected chi connectivity index (χ0v) is 26.6. The topological polar surface area (TPSA) is 150 Å². The number of thiazole rings is 1. The molecule has 1 saturated heterocycles. The first-order valence-corrected chi connectivity index (χ1v) is 15.8. The summed E-state index contributed by atoms with van der Waals surface area (Å²) in [5, 5.41) is 25.0. The first-order valence-electron chi connectivity index (χ1n) is 14.6. The second-order valence-electron chi connectivity index (χ2n) is 10.7. The number of anilines is 1. The zero-order valence-electron chi connectivity index (χ0n) is 25.0. The van der Waals surface area contributed by atoms with E-state index in [2.05, 4.69) is 25.5 Å². The fourth-order valence-electron chi connectivity index (χ4n) is 5.31. The number of hydrogen-bond acceptors (Lipinski definition) is 10. The van der Waals surface area contributed by atoms with Crippen molar-refractivity contribution in [2.45, 2.75) is 32.9 Å². The number of halogens is 1. The van der Waals surface area contributed by atoms with Crippen molar-refractivity contribution in [2.75, 3.05) is 38.7 Å². The van der Waals surface area contributed by atoms with Crippen LogP contribution in [0, 0.1) is 12.8 Å². The molecule has 0 unspecified atom stereocenters. The maximum atomic E-state index is 13.0. The molecule has 0 bridgehead atoms. The number of nitrogens with one attached hydrogen (secondary N) is 2. The number of nitrogens with zero attached hydrogens (tertiary/aromatic N) is 4. The van der Waals surface area contributed by atoms with Gasteiger partial charge in [-0.05, 0) is 56.6 Å². The molecule has 0 atom stereocenters. The van der Waals surface area contributed by atoms with Gasteiger partial charge < -0.3 is 25.6 Å². The van der Waals surface area contributed by atoms with Crippen molar-refractivity contribution in [3.05, 3.63) is 74.8 Å². The van der Waals surface area contributed by atoms with Gasteiger partial charge >= 0.3 is 5.97 Å². The summed E-state index contributed by atoms with van der Waals surface area (Å²) in [6.45, 7) is 4.95. The highest BCUT2D eigenvalue weighted by Gasteiger charge is 2.25. The molecule has 3 aromatic heterocycles. The lowest BCUT2D eigenvalue weighted by Crippen LogP contribution is -2.35. The van der Waals surface area contributed by atoms with E-state index in [-0.39, 0.29) is 18.4 Å². The van der Waals surface area contributed by atoms with E-state index in [1.165, 1.54) is 11.3 Å². The largest absolute Gasteiger partial charge is 0.481 e. The number of aromatic nitrogens is 3. The predicted octanol–water partition coefficient (Wildman–Crippen LogP) is 4.87. The number of benzene rings is 1. The minimum absolute atomic E-state index is 0.0402. The van der Waals surface area contributed by atoms with Gasteiger partial charge in [0.2, 0.25) is 5.88 Å². The Morgan fingerprint density at radius 1 is 1.13 bits per heavy atom. The third kappa shape index (κ3) is 7.66. The van der Waals surface area contributed by atoms with Gasteiger partial charge in [-0.2, -0.15) is 0 Å². The first-order chi connectivity index (χ1) is 21.8. The van der Waals surface area contributed by atoms with Gasteiger partial charge in [-0.15, -0.1) is 11.3 Å². The van der Waals surface area contributed by atoms with Crippen LogP contribution >= 0.6 is 22.9 Å². The number of methoxy groups -OCH3 is 1. The van der Waals surface area contributed by atoms with Crippen LogP contribution < -0.4 is 15.4 Å². The Morgan fingerprint density at radius 3 is 2.67 bits per heavy atom. The first kappa shape index (κ1) is 32.5. The summed E-state index contributed by atoms with van der Waals surface area (Å²) < 4.78 is 5.65. The fraction of sp³-hybridized carbons (Fsp3) is 0.344. The molecule has 0 aliphatic carbocycles. The number of carbonyl (C=O) groups is 2. The monoisotopic (exact) mass is 650 g/mol. The molecule has 236 valence electrons. The number of carboxylic acid groups (broad SMARTS) is 1. The second-order valence-corrected chi connectivity index (χ2v) is 12.2. The highest BCUT2D eigenvalue weighted by Crippen LogP contribution is 2.38. The molecule has 0 spiro atoms. The molecule has 1 amide bonds. The number of hydrogen-bond donors (Lipinski definition) is 4. The van der Waals surface area contributed by atoms with Gasteiger partial charge in [-0.25, -0.2) is 9.97 Å². The molecule has 1 aliphatic rings. The van der Waals surface area contributed by atoms with E-state index in [0.29, 0.717) is 84.1 Å². The Balaban J connectivity index is 1.34. The number of carboxylic acids is 1. The lowest BCUT2D eigenvalue weighted by molar-refractivity contribution is -0.143. The molecule has 1 fully saturated rings. The summed E-state index contributed by atoms with van der Waals surface area (Å²) in [5.74, 6) is -0.849. The predicted molar refractivity (Wildman–Crippen MR) is 174 cm³/mol. The zero-order chi connectivity index (χ0) is 31.9. The van der Waals surface area contributed by atoms with Crippen LogP contribution in [0.25, 0.3) is 22.5 Å². The van der Waals surface area contributed by atoms with Gasteiger partial charge in [-0.1, -0.05) is 29.8 Å². The molecule has 4 heterocycles. The van der Waals surface area contributed by atoms with Crippen molar-refractivity contribution < 1.29 is 24.5 Å².